The van der Waals surface area contributed by atoms with Crippen molar-refractivity contribution in [1.82, 2.24) is 19.1 Å². The van der Waals surface area contributed by atoms with E-state index in [-0.39, 0.29) is 11.1 Å². The van der Waals surface area contributed by atoms with Gasteiger partial charge in [0.15, 0.2) is 0 Å². The number of rotatable bonds is 0. The molecule has 0 bridgehead atoms. The van der Waals surface area contributed by atoms with Crippen molar-refractivity contribution in [2.75, 3.05) is 0 Å². The van der Waals surface area contributed by atoms with E-state index in [4.69, 9.17) is 0 Å². The molecule has 0 radical (unpaired) electrons. The summed E-state index contributed by atoms with van der Waals surface area (Å²) < 4.78 is 3.14. The fraction of sp³-hybridized carbons (Fsp3) is 0.294. The van der Waals surface area contributed by atoms with Crippen molar-refractivity contribution in [2.24, 2.45) is 14.1 Å². The minimum absolute atomic E-state index is 0.0405. The first-order valence-electron chi connectivity index (χ1n) is 7.62. The highest BCUT2D eigenvalue weighted by Gasteiger charge is 2.08. The van der Waals surface area contributed by atoms with E-state index >= 15 is 0 Å². The third-order valence-electron chi connectivity index (χ3n) is 4.18. The first-order valence-corrected chi connectivity index (χ1v) is 9.44. The molecule has 0 aliphatic heterocycles. The molecule has 0 aliphatic carbocycles. The van der Waals surface area contributed by atoms with Crippen molar-refractivity contribution in [2.45, 2.75) is 20.8 Å². The van der Waals surface area contributed by atoms with Crippen LogP contribution in [0, 0.1) is 20.8 Å². The van der Waals surface area contributed by atoms with Gasteiger partial charge in [-0.15, -0.1) is 22.7 Å². The molecular weight excluding hydrogens is 356 g/mol. The molecule has 0 unspecified atom stereocenters. The molecule has 4 aromatic rings. The van der Waals surface area contributed by atoms with Gasteiger partial charge in [-0.05, 0) is 20.8 Å². The predicted octanol–water partition coefficient (Wildman–Crippen LogP) is 2.92. The Morgan fingerprint density at radius 3 is 2.12 bits per heavy atom. The van der Waals surface area contributed by atoms with Crippen molar-refractivity contribution in [1.29, 1.82) is 0 Å². The molecule has 0 saturated heterocycles. The molecule has 130 valence electrons. The van der Waals surface area contributed by atoms with Crippen molar-refractivity contribution in [3.63, 3.8) is 0 Å². The van der Waals surface area contributed by atoms with Gasteiger partial charge in [0, 0.05) is 35.1 Å². The predicted molar refractivity (Wildman–Crippen MR) is 104 cm³/mol. The molecule has 4 heterocycles. The van der Waals surface area contributed by atoms with Gasteiger partial charge in [-0.25, -0.2) is 9.97 Å². The van der Waals surface area contributed by atoms with Crippen LogP contribution in [0.4, 0.5) is 0 Å². The fourth-order valence-corrected chi connectivity index (χ4v) is 3.93. The van der Waals surface area contributed by atoms with E-state index in [9.17, 15) is 9.59 Å². The van der Waals surface area contributed by atoms with E-state index in [1.54, 1.807) is 34.6 Å². The van der Waals surface area contributed by atoms with Crippen molar-refractivity contribution < 1.29 is 0 Å². The minimum Gasteiger partial charge on any atom is -0.299 e. The lowest BCUT2D eigenvalue weighted by Crippen LogP contribution is -2.19. The van der Waals surface area contributed by atoms with Gasteiger partial charge in [0.1, 0.15) is 11.6 Å². The summed E-state index contributed by atoms with van der Waals surface area (Å²) in [4.78, 5) is 33.0. The summed E-state index contributed by atoms with van der Waals surface area (Å²) >= 11 is 3.08. The summed E-state index contributed by atoms with van der Waals surface area (Å²) in [5.74, 6) is 1.52. The Morgan fingerprint density at radius 2 is 1.44 bits per heavy atom. The Labute approximate surface area is 152 Å². The van der Waals surface area contributed by atoms with E-state index in [0.717, 1.165) is 32.9 Å². The average molecular weight is 374 g/mol. The maximum atomic E-state index is 11.7. The van der Waals surface area contributed by atoms with Crippen LogP contribution in [0.15, 0.2) is 25.7 Å². The highest BCUT2D eigenvalue weighted by molar-refractivity contribution is 7.11. The first-order chi connectivity index (χ1) is 11.8. The third kappa shape index (κ3) is 3.03. The molecule has 0 aromatic carbocycles. The van der Waals surface area contributed by atoms with Crippen LogP contribution >= 0.6 is 22.7 Å². The highest BCUT2D eigenvalue weighted by Crippen LogP contribution is 2.19. The maximum Gasteiger partial charge on any atom is 0.261 e. The van der Waals surface area contributed by atoms with Gasteiger partial charge >= 0.3 is 0 Å². The molecule has 25 heavy (non-hydrogen) atoms. The molecule has 0 saturated carbocycles. The van der Waals surface area contributed by atoms with Gasteiger partial charge in [-0.2, -0.15) is 0 Å². The normalized spacial score (nSPS) is 10.9. The van der Waals surface area contributed by atoms with Gasteiger partial charge in [-0.3, -0.25) is 18.7 Å². The van der Waals surface area contributed by atoms with E-state index in [1.807, 2.05) is 36.9 Å². The van der Waals surface area contributed by atoms with Crippen LogP contribution in [0.2, 0.25) is 0 Å². The summed E-state index contributed by atoms with van der Waals surface area (Å²) in [6.07, 6.45) is 0. The second-order valence-corrected chi connectivity index (χ2v) is 7.60. The van der Waals surface area contributed by atoms with E-state index in [1.165, 1.54) is 11.3 Å². The van der Waals surface area contributed by atoms with Gasteiger partial charge in [0.2, 0.25) is 0 Å². The molecule has 4 aromatic heterocycles. The quantitative estimate of drug-likeness (QED) is 0.474. The van der Waals surface area contributed by atoms with Gasteiger partial charge in [-0.1, -0.05) is 0 Å². The first kappa shape index (κ1) is 17.5. The molecule has 0 atom stereocenters. The monoisotopic (exact) mass is 374 g/mol. The zero-order valence-electron chi connectivity index (χ0n) is 14.7. The van der Waals surface area contributed by atoms with Crippen LogP contribution in [0.1, 0.15) is 16.5 Å². The molecule has 0 spiro atoms. The van der Waals surface area contributed by atoms with E-state index < -0.39 is 0 Å². The summed E-state index contributed by atoms with van der Waals surface area (Å²) in [6.45, 7) is 5.66. The molecule has 4 rings (SSSR count). The van der Waals surface area contributed by atoms with E-state index in [0.29, 0.717) is 5.39 Å². The van der Waals surface area contributed by atoms with Crippen LogP contribution in [0.5, 0.6) is 0 Å². The lowest BCUT2D eigenvalue weighted by molar-refractivity contribution is 0.793. The SMILES string of the molecule is Cc1nc2cscc2c(=O)n1C.Cc1scc2c(=O)n(C)c(C)nc12. The Morgan fingerprint density at radius 1 is 0.840 bits per heavy atom. The second-order valence-electron chi connectivity index (χ2n) is 5.77. The molecular formula is C17H18N4O2S2. The maximum absolute atomic E-state index is 11.7. The average Bonchev–Trinajstić information content (AvgIpc) is 3.19. The zero-order chi connectivity index (χ0) is 18.3. The molecule has 0 aliphatic rings. The summed E-state index contributed by atoms with van der Waals surface area (Å²) in [6, 6.07) is 0. The summed E-state index contributed by atoms with van der Waals surface area (Å²) in [5, 5.41) is 7.05. The van der Waals surface area contributed by atoms with Crippen molar-refractivity contribution in [3.05, 3.63) is 53.4 Å². The molecule has 0 fully saturated rings. The lowest BCUT2D eigenvalue weighted by Gasteiger charge is -2.01. The Balaban J connectivity index is 0.000000146. The number of nitrogens with zero attached hydrogens (tertiary/aromatic N) is 4. The van der Waals surface area contributed by atoms with Crippen LogP contribution in [0.3, 0.4) is 0 Å². The van der Waals surface area contributed by atoms with Crippen molar-refractivity contribution in [3.8, 4) is 0 Å². The van der Waals surface area contributed by atoms with Gasteiger partial charge in [0.05, 0.1) is 21.8 Å². The number of hydrogen-bond donors (Lipinski definition) is 0. The smallest absolute Gasteiger partial charge is 0.261 e. The zero-order valence-corrected chi connectivity index (χ0v) is 16.3. The molecule has 0 amide bonds. The van der Waals surface area contributed by atoms with Crippen LogP contribution < -0.4 is 11.1 Å². The Kier molecular flexibility index (Phi) is 4.57. The van der Waals surface area contributed by atoms with Crippen LogP contribution in [0.25, 0.3) is 21.8 Å². The Bertz CT molecular complexity index is 1200. The molecule has 0 N–H and O–H groups in total. The summed E-state index contributed by atoms with van der Waals surface area (Å²) in [7, 11) is 3.48. The number of hydrogen-bond acceptors (Lipinski definition) is 6. The number of aromatic nitrogens is 4. The largest absolute Gasteiger partial charge is 0.299 e. The molecule has 8 heteroatoms. The van der Waals surface area contributed by atoms with Gasteiger partial charge in [0.25, 0.3) is 11.1 Å². The van der Waals surface area contributed by atoms with Crippen LogP contribution in [-0.2, 0) is 14.1 Å². The number of aryl methyl sites for hydroxylation is 3. The second kappa shape index (κ2) is 6.53. The lowest BCUT2D eigenvalue weighted by atomic mass is 10.3. The van der Waals surface area contributed by atoms with Crippen LogP contribution in [-0.4, -0.2) is 19.1 Å². The fourth-order valence-electron chi connectivity index (χ4n) is 2.42. The number of thiophene rings is 2. The summed E-state index contributed by atoms with van der Waals surface area (Å²) in [5.41, 5.74) is 1.75. The van der Waals surface area contributed by atoms with Gasteiger partial charge < -0.3 is 0 Å². The Hall–Kier alpha value is -2.32. The minimum atomic E-state index is 0.0405. The van der Waals surface area contributed by atoms with Crippen molar-refractivity contribution >= 4 is 44.5 Å². The third-order valence-corrected chi connectivity index (χ3v) is 5.81. The van der Waals surface area contributed by atoms with E-state index in [2.05, 4.69) is 9.97 Å². The molecule has 6 nitrogen and oxygen atoms in total. The topological polar surface area (TPSA) is 69.8 Å². The number of fused-ring (bicyclic) bond motifs is 2. The standard InChI is InChI=1S/C9H10N2OS.C8H8N2OS/c1-5-8-7(4-13-5)9(12)11(3)6(2)10-8;1-5-9-7-4-12-3-6(7)8(11)10(5)2/h4H,1-3H3;3-4H,1-2H3. The highest BCUT2D eigenvalue weighted by atomic mass is 32.1.